The van der Waals surface area contributed by atoms with E-state index in [1.165, 1.54) is 4.68 Å². The van der Waals surface area contributed by atoms with Crippen LogP contribution in [0, 0.1) is 0 Å². The molecule has 0 amide bonds. The van der Waals surface area contributed by atoms with Gasteiger partial charge in [0.25, 0.3) is 5.56 Å². The van der Waals surface area contributed by atoms with Gasteiger partial charge >= 0.3 is 0 Å². The number of Topliss-reactive ketones (excluding diaryl/α,β-unsaturated/α-hetero) is 1. The van der Waals surface area contributed by atoms with Crippen molar-refractivity contribution in [2.45, 2.75) is 25.2 Å². The maximum Gasteiger partial charge on any atom is 0.277 e. The average molecular weight is 387 g/mol. The summed E-state index contributed by atoms with van der Waals surface area (Å²) in [5.74, 6) is 0.941. The van der Waals surface area contributed by atoms with E-state index < -0.39 is 5.92 Å². The number of ketones is 1. The molecule has 0 radical (unpaired) electrons. The molecule has 146 valence electrons. The van der Waals surface area contributed by atoms with Crippen molar-refractivity contribution in [2.75, 3.05) is 12.4 Å². The first-order valence-electron chi connectivity index (χ1n) is 9.75. The number of methoxy groups -OCH3 is 1. The summed E-state index contributed by atoms with van der Waals surface area (Å²) in [5.41, 5.74) is 3.54. The van der Waals surface area contributed by atoms with Crippen LogP contribution in [0.1, 0.15) is 36.3 Å². The molecule has 0 bridgehead atoms. The highest BCUT2D eigenvalue weighted by atomic mass is 16.5. The molecule has 6 nitrogen and oxygen atoms in total. The largest absolute Gasteiger partial charge is 0.496 e. The van der Waals surface area contributed by atoms with Crippen molar-refractivity contribution in [1.29, 1.82) is 0 Å². The minimum atomic E-state index is -0.459. The van der Waals surface area contributed by atoms with E-state index >= 15 is 0 Å². The summed E-state index contributed by atoms with van der Waals surface area (Å²) in [7, 11) is 1.61. The molecule has 1 aliphatic carbocycles. The van der Waals surface area contributed by atoms with Crippen LogP contribution < -0.4 is 15.6 Å². The zero-order valence-corrected chi connectivity index (χ0v) is 16.1. The van der Waals surface area contributed by atoms with Crippen LogP contribution >= 0.6 is 0 Å². The van der Waals surface area contributed by atoms with E-state index in [1.807, 2.05) is 54.6 Å². The van der Waals surface area contributed by atoms with Crippen LogP contribution in [-0.2, 0) is 4.79 Å². The Morgan fingerprint density at radius 2 is 1.76 bits per heavy atom. The third-order valence-corrected chi connectivity index (χ3v) is 5.70. The molecule has 1 aliphatic heterocycles. The molecule has 0 saturated carbocycles. The second-order valence-corrected chi connectivity index (χ2v) is 7.35. The van der Waals surface area contributed by atoms with Gasteiger partial charge in [0.05, 0.1) is 24.3 Å². The summed E-state index contributed by atoms with van der Waals surface area (Å²) in [4.78, 5) is 26.4. The Hall–Kier alpha value is -3.54. The van der Waals surface area contributed by atoms with Crippen LogP contribution in [0.2, 0.25) is 0 Å². The summed E-state index contributed by atoms with van der Waals surface area (Å²) in [5, 5.41) is 6.55. The number of nitrogens with zero attached hydrogens (tertiary/aromatic N) is 1. The Kier molecular flexibility index (Phi) is 4.12. The fourth-order valence-corrected chi connectivity index (χ4v) is 4.41. The minimum Gasteiger partial charge on any atom is -0.496 e. The molecule has 29 heavy (non-hydrogen) atoms. The first kappa shape index (κ1) is 17.6. The molecule has 0 fully saturated rings. The number of hydrogen-bond donors (Lipinski definition) is 2. The first-order chi connectivity index (χ1) is 14.2. The molecular formula is C23H21N3O3. The lowest BCUT2D eigenvalue weighted by atomic mass is 9.76. The summed E-state index contributed by atoms with van der Waals surface area (Å²) >= 11 is 0. The van der Waals surface area contributed by atoms with E-state index in [2.05, 4.69) is 10.4 Å². The molecule has 6 heteroatoms. The highest BCUT2D eigenvalue weighted by Gasteiger charge is 2.39. The number of carbonyl (C=O) groups is 1. The summed E-state index contributed by atoms with van der Waals surface area (Å²) < 4.78 is 7.12. The van der Waals surface area contributed by atoms with Crippen molar-refractivity contribution in [2.24, 2.45) is 0 Å². The van der Waals surface area contributed by atoms with Crippen molar-refractivity contribution < 1.29 is 9.53 Å². The van der Waals surface area contributed by atoms with E-state index in [0.717, 1.165) is 29.8 Å². The van der Waals surface area contributed by atoms with Gasteiger partial charge in [0.15, 0.2) is 5.78 Å². The number of anilines is 1. The lowest BCUT2D eigenvalue weighted by Crippen LogP contribution is -2.30. The maximum absolute atomic E-state index is 13.5. The number of ether oxygens (including phenoxy) is 1. The minimum absolute atomic E-state index is 0.0900. The predicted octanol–water partition coefficient (Wildman–Crippen LogP) is 3.74. The first-order valence-corrected chi connectivity index (χ1v) is 9.75. The molecule has 1 aromatic heterocycles. The van der Waals surface area contributed by atoms with E-state index in [-0.39, 0.29) is 11.3 Å². The van der Waals surface area contributed by atoms with Crippen molar-refractivity contribution in [3.8, 4) is 11.4 Å². The van der Waals surface area contributed by atoms with Crippen molar-refractivity contribution in [3.05, 3.63) is 87.3 Å². The highest BCUT2D eigenvalue weighted by molar-refractivity contribution is 6.01. The van der Waals surface area contributed by atoms with Crippen LogP contribution in [0.3, 0.4) is 0 Å². The Bertz CT molecular complexity index is 1190. The van der Waals surface area contributed by atoms with Crippen LogP contribution in [0.5, 0.6) is 5.75 Å². The number of aromatic amines is 1. The number of aromatic nitrogens is 2. The second kappa shape index (κ2) is 6.81. The van der Waals surface area contributed by atoms with E-state index in [9.17, 15) is 9.59 Å². The zero-order chi connectivity index (χ0) is 20.0. The van der Waals surface area contributed by atoms with Gasteiger partial charge in [-0.3, -0.25) is 14.7 Å². The van der Waals surface area contributed by atoms with Gasteiger partial charge in [-0.2, -0.15) is 0 Å². The lowest BCUT2D eigenvalue weighted by Gasteiger charge is -2.31. The molecule has 3 aromatic rings. The van der Waals surface area contributed by atoms with Crippen molar-refractivity contribution in [1.82, 2.24) is 9.78 Å². The van der Waals surface area contributed by atoms with Gasteiger partial charge in [0.2, 0.25) is 0 Å². The number of H-pyrrole nitrogens is 1. The van der Waals surface area contributed by atoms with Gasteiger partial charge < -0.3 is 10.1 Å². The molecule has 0 unspecified atom stereocenters. The lowest BCUT2D eigenvalue weighted by molar-refractivity contribution is -0.116. The maximum atomic E-state index is 13.5. The molecule has 1 atom stereocenters. The van der Waals surface area contributed by atoms with Gasteiger partial charge in [-0.05, 0) is 31.0 Å². The zero-order valence-electron chi connectivity index (χ0n) is 16.1. The standard InChI is InChI=1S/C23H21N3O3/c1-29-18-13-6-5-10-15(18)19-20-16(11-7-12-17(20)27)24-22-21(19)23(28)26(25-22)14-8-3-2-4-9-14/h2-6,8-10,13,19,24-25H,7,11-12H2,1H3/t19-/m0/s1. The summed E-state index contributed by atoms with van der Waals surface area (Å²) in [6.07, 6.45) is 2.09. The number of fused-ring (bicyclic) bond motifs is 1. The number of benzene rings is 2. The second-order valence-electron chi connectivity index (χ2n) is 7.35. The van der Waals surface area contributed by atoms with Gasteiger partial charge in [0, 0.05) is 23.3 Å². The van der Waals surface area contributed by atoms with Gasteiger partial charge in [-0.15, -0.1) is 0 Å². The predicted molar refractivity (Wildman–Crippen MR) is 111 cm³/mol. The smallest absolute Gasteiger partial charge is 0.277 e. The number of para-hydroxylation sites is 2. The molecule has 2 heterocycles. The Morgan fingerprint density at radius 3 is 2.55 bits per heavy atom. The monoisotopic (exact) mass is 387 g/mol. The normalized spacial score (nSPS) is 18.1. The van der Waals surface area contributed by atoms with E-state index in [4.69, 9.17) is 4.74 Å². The number of hydrogen-bond acceptors (Lipinski definition) is 4. The number of allylic oxidation sites excluding steroid dienone is 2. The Labute approximate surface area is 167 Å². The number of carbonyl (C=O) groups excluding carboxylic acids is 1. The van der Waals surface area contributed by atoms with Crippen LogP contribution in [0.4, 0.5) is 5.82 Å². The summed E-state index contributed by atoms with van der Waals surface area (Å²) in [6, 6.07) is 17.0. The number of rotatable bonds is 3. The fourth-order valence-electron chi connectivity index (χ4n) is 4.41. The third-order valence-electron chi connectivity index (χ3n) is 5.70. The quantitative estimate of drug-likeness (QED) is 0.718. The molecule has 0 spiro atoms. The van der Waals surface area contributed by atoms with Crippen molar-refractivity contribution >= 4 is 11.6 Å². The summed E-state index contributed by atoms with van der Waals surface area (Å²) in [6.45, 7) is 0. The van der Waals surface area contributed by atoms with Gasteiger partial charge in [0.1, 0.15) is 11.6 Å². The Morgan fingerprint density at radius 1 is 1.00 bits per heavy atom. The van der Waals surface area contributed by atoms with E-state index in [0.29, 0.717) is 29.1 Å². The number of nitrogens with one attached hydrogen (secondary N) is 2. The SMILES string of the molecule is COc1ccccc1[C@H]1C2=C(CCCC2=O)Nc2[nH]n(-c3ccccc3)c(=O)c21. The van der Waals surface area contributed by atoms with Crippen LogP contribution in [-0.4, -0.2) is 22.7 Å². The van der Waals surface area contributed by atoms with Crippen molar-refractivity contribution in [3.63, 3.8) is 0 Å². The molecular weight excluding hydrogens is 366 g/mol. The molecule has 5 rings (SSSR count). The Balaban J connectivity index is 1.78. The van der Waals surface area contributed by atoms with Gasteiger partial charge in [-0.1, -0.05) is 36.4 Å². The molecule has 0 saturated heterocycles. The van der Waals surface area contributed by atoms with Crippen LogP contribution in [0.25, 0.3) is 5.69 Å². The molecule has 2 N–H and O–H groups in total. The highest BCUT2D eigenvalue weighted by Crippen LogP contribution is 2.45. The fraction of sp³-hybridized carbons (Fsp3) is 0.217. The van der Waals surface area contributed by atoms with Crippen LogP contribution in [0.15, 0.2) is 70.7 Å². The van der Waals surface area contributed by atoms with Gasteiger partial charge in [-0.25, -0.2) is 4.68 Å². The molecule has 2 aliphatic rings. The molecule has 2 aromatic carbocycles. The van der Waals surface area contributed by atoms with E-state index in [1.54, 1.807) is 7.11 Å². The average Bonchev–Trinajstić information content (AvgIpc) is 3.09. The third kappa shape index (κ3) is 2.71. The topological polar surface area (TPSA) is 76.1 Å².